The average molecular weight is 436 g/mol. The zero-order chi connectivity index (χ0) is 22.3. The van der Waals surface area contributed by atoms with Gasteiger partial charge in [-0.15, -0.1) is 0 Å². The fourth-order valence-electron chi connectivity index (χ4n) is 5.25. The lowest BCUT2D eigenvalue weighted by atomic mass is 9.86. The zero-order valence-corrected chi connectivity index (χ0v) is 17.0. The number of rotatable bonds is 2. The first-order valence-corrected chi connectivity index (χ1v) is 10.7. The fourth-order valence-corrected chi connectivity index (χ4v) is 5.25. The highest BCUT2D eigenvalue weighted by atomic mass is 16.3. The highest BCUT2D eigenvalue weighted by Gasteiger charge is 2.45. The van der Waals surface area contributed by atoms with Crippen LogP contribution in [-0.2, 0) is 0 Å². The van der Waals surface area contributed by atoms with Crippen LogP contribution >= 0.6 is 0 Å². The molecule has 2 fully saturated rings. The second-order valence-corrected chi connectivity index (χ2v) is 8.49. The standard InChI is InChI=1S/C22H20N4O6/c27-15-3-1-9-23(15)25-19(29)11-5-7-13-18-14(8-6-12(17(11)18)20(25)30)22(32)26(21(13)31)24-10-2-4-16(24)28/h5-8,15-16,27-28H,1-4,9-10H2. The maximum absolute atomic E-state index is 13.3. The van der Waals surface area contributed by atoms with E-state index in [0.717, 1.165) is 10.0 Å². The van der Waals surface area contributed by atoms with E-state index in [9.17, 15) is 29.4 Å². The van der Waals surface area contributed by atoms with Crippen molar-refractivity contribution < 1.29 is 29.4 Å². The number of aliphatic hydroxyl groups is 2. The third-order valence-corrected chi connectivity index (χ3v) is 6.75. The quantitative estimate of drug-likeness (QED) is 0.660. The molecule has 4 aliphatic heterocycles. The Morgan fingerprint density at radius 1 is 0.594 bits per heavy atom. The van der Waals surface area contributed by atoms with Gasteiger partial charge in [0.1, 0.15) is 12.5 Å². The van der Waals surface area contributed by atoms with Crippen LogP contribution in [0.3, 0.4) is 0 Å². The normalized spacial score (nSPS) is 26.2. The molecule has 2 N–H and O–H groups in total. The van der Waals surface area contributed by atoms with Gasteiger partial charge in [0.05, 0.1) is 22.3 Å². The largest absolute Gasteiger partial charge is 0.377 e. The Hall–Kier alpha value is -3.18. The average Bonchev–Trinajstić information content (AvgIpc) is 3.39. The van der Waals surface area contributed by atoms with Crippen molar-refractivity contribution in [2.24, 2.45) is 0 Å². The van der Waals surface area contributed by atoms with E-state index in [1.165, 1.54) is 34.3 Å². The Kier molecular flexibility index (Phi) is 4.06. The molecule has 10 heteroatoms. The Labute approximate surface area is 182 Å². The topological polar surface area (TPSA) is 122 Å². The lowest BCUT2D eigenvalue weighted by molar-refractivity contribution is -0.0745. The van der Waals surface area contributed by atoms with Crippen LogP contribution in [0.5, 0.6) is 0 Å². The van der Waals surface area contributed by atoms with Crippen molar-refractivity contribution in [3.63, 3.8) is 0 Å². The fraction of sp³-hybridized carbons (Fsp3) is 0.364. The van der Waals surface area contributed by atoms with Gasteiger partial charge in [-0.25, -0.2) is 0 Å². The van der Waals surface area contributed by atoms with E-state index in [-0.39, 0.29) is 33.0 Å². The van der Waals surface area contributed by atoms with E-state index < -0.39 is 36.1 Å². The van der Waals surface area contributed by atoms with E-state index in [0.29, 0.717) is 38.8 Å². The molecule has 32 heavy (non-hydrogen) atoms. The summed E-state index contributed by atoms with van der Waals surface area (Å²) in [5, 5.41) is 25.7. The van der Waals surface area contributed by atoms with Gasteiger partial charge in [-0.05, 0) is 49.9 Å². The molecule has 6 rings (SSSR count). The van der Waals surface area contributed by atoms with E-state index in [4.69, 9.17) is 0 Å². The second-order valence-electron chi connectivity index (χ2n) is 8.49. The first kappa shape index (κ1) is 19.5. The molecule has 0 saturated carbocycles. The van der Waals surface area contributed by atoms with Gasteiger partial charge in [-0.2, -0.15) is 20.0 Å². The number of amides is 4. The summed E-state index contributed by atoms with van der Waals surface area (Å²) in [4.78, 5) is 53.1. The van der Waals surface area contributed by atoms with Crippen molar-refractivity contribution in [3.8, 4) is 0 Å². The number of benzene rings is 2. The van der Waals surface area contributed by atoms with Crippen LogP contribution in [-0.4, -0.2) is 79.4 Å². The molecule has 4 amide bonds. The van der Waals surface area contributed by atoms with E-state index >= 15 is 0 Å². The number of carbonyl (C=O) groups excluding carboxylic acids is 4. The third kappa shape index (κ3) is 2.37. The SMILES string of the molecule is O=C1c2ccc3c4c(ccc(c24)C(=O)N1N1CCCC1O)C(=O)N(N1CCCC1O)C3=O. The molecule has 0 bridgehead atoms. The number of nitrogens with zero attached hydrogens (tertiary/aromatic N) is 4. The monoisotopic (exact) mass is 436 g/mol. The van der Waals surface area contributed by atoms with Crippen molar-refractivity contribution in [1.82, 2.24) is 20.0 Å². The molecule has 2 unspecified atom stereocenters. The van der Waals surface area contributed by atoms with E-state index in [1.807, 2.05) is 0 Å². The summed E-state index contributed by atoms with van der Waals surface area (Å²) >= 11 is 0. The van der Waals surface area contributed by atoms with E-state index in [2.05, 4.69) is 0 Å². The van der Waals surface area contributed by atoms with Gasteiger partial charge in [-0.3, -0.25) is 19.2 Å². The van der Waals surface area contributed by atoms with Gasteiger partial charge < -0.3 is 10.2 Å². The molecule has 4 heterocycles. The minimum atomic E-state index is -0.930. The number of aliphatic hydroxyl groups excluding tert-OH is 2. The van der Waals surface area contributed by atoms with Crippen molar-refractivity contribution in [2.75, 3.05) is 13.1 Å². The van der Waals surface area contributed by atoms with Crippen LogP contribution in [0.2, 0.25) is 0 Å². The zero-order valence-electron chi connectivity index (χ0n) is 17.0. The highest BCUT2D eigenvalue weighted by molar-refractivity contribution is 6.33. The number of carbonyl (C=O) groups is 4. The highest BCUT2D eigenvalue weighted by Crippen LogP contribution is 2.39. The molecule has 0 radical (unpaired) electrons. The number of imide groups is 2. The molecule has 10 nitrogen and oxygen atoms in total. The minimum Gasteiger partial charge on any atom is -0.377 e. The molecule has 164 valence electrons. The molecule has 0 aromatic heterocycles. The summed E-state index contributed by atoms with van der Waals surface area (Å²) in [5.41, 5.74) is 0.813. The van der Waals surface area contributed by atoms with Crippen LogP contribution in [0.1, 0.15) is 67.1 Å². The Morgan fingerprint density at radius 3 is 1.16 bits per heavy atom. The first-order valence-electron chi connectivity index (χ1n) is 10.7. The van der Waals surface area contributed by atoms with Gasteiger partial charge in [-0.1, -0.05) is 0 Å². The van der Waals surface area contributed by atoms with Crippen molar-refractivity contribution >= 4 is 34.4 Å². The van der Waals surface area contributed by atoms with E-state index in [1.54, 1.807) is 0 Å². The van der Waals surface area contributed by atoms with Crippen LogP contribution in [0.25, 0.3) is 10.8 Å². The summed E-state index contributed by atoms with van der Waals surface area (Å²) in [6, 6.07) is 5.95. The summed E-state index contributed by atoms with van der Waals surface area (Å²) in [6.45, 7) is 0.745. The summed E-state index contributed by atoms with van der Waals surface area (Å²) in [7, 11) is 0. The van der Waals surface area contributed by atoms with Crippen LogP contribution in [0.15, 0.2) is 24.3 Å². The second kappa shape index (κ2) is 6.66. The molecule has 2 aromatic carbocycles. The van der Waals surface area contributed by atoms with Gasteiger partial charge in [0, 0.05) is 23.9 Å². The van der Waals surface area contributed by atoms with Crippen LogP contribution in [0, 0.1) is 0 Å². The molecular formula is C22H20N4O6. The number of hydrogen-bond donors (Lipinski definition) is 2. The number of hydrazine groups is 2. The Bertz CT molecular complexity index is 1080. The molecule has 0 spiro atoms. The van der Waals surface area contributed by atoms with Gasteiger partial charge in [0.2, 0.25) is 0 Å². The van der Waals surface area contributed by atoms with Crippen molar-refractivity contribution in [3.05, 3.63) is 46.5 Å². The molecule has 2 atom stereocenters. The number of hydrogen-bond acceptors (Lipinski definition) is 8. The maximum atomic E-state index is 13.3. The smallest absolute Gasteiger partial charge is 0.276 e. The molecule has 2 aromatic rings. The molecular weight excluding hydrogens is 416 g/mol. The molecule has 0 aliphatic carbocycles. The Balaban J connectivity index is 1.53. The van der Waals surface area contributed by atoms with Crippen LogP contribution in [0.4, 0.5) is 0 Å². The van der Waals surface area contributed by atoms with Gasteiger partial charge in [0.15, 0.2) is 0 Å². The van der Waals surface area contributed by atoms with Crippen LogP contribution < -0.4 is 0 Å². The predicted octanol–water partition coefficient (Wildman–Crippen LogP) is 0.690. The summed E-state index contributed by atoms with van der Waals surface area (Å²) in [6.07, 6.45) is 0.359. The summed E-state index contributed by atoms with van der Waals surface area (Å²) in [5.74, 6) is -2.37. The van der Waals surface area contributed by atoms with Crippen molar-refractivity contribution in [1.29, 1.82) is 0 Å². The maximum Gasteiger partial charge on any atom is 0.276 e. The first-order chi connectivity index (χ1) is 15.4. The lowest BCUT2D eigenvalue weighted by Crippen LogP contribution is -2.55. The molecule has 2 saturated heterocycles. The van der Waals surface area contributed by atoms with Crippen molar-refractivity contribution in [2.45, 2.75) is 38.1 Å². The third-order valence-electron chi connectivity index (χ3n) is 6.75. The lowest BCUT2D eigenvalue weighted by Gasteiger charge is -2.38. The Morgan fingerprint density at radius 2 is 0.906 bits per heavy atom. The predicted molar refractivity (Wildman–Crippen MR) is 109 cm³/mol. The van der Waals surface area contributed by atoms with Gasteiger partial charge >= 0.3 is 0 Å². The van der Waals surface area contributed by atoms with Gasteiger partial charge in [0.25, 0.3) is 23.6 Å². The summed E-state index contributed by atoms with van der Waals surface area (Å²) < 4.78 is 0. The minimum absolute atomic E-state index is 0.203. The molecule has 4 aliphatic rings.